The van der Waals surface area contributed by atoms with Crippen LogP contribution >= 0.6 is 11.6 Å². The molecule has 9 nitrogen and oxygen atoms in total. The van der Waals surface area contributed by atoms with E-state index in [2.05, 4.69) is 20.4 Å². The number of nitrogen functional groups attached to an aromatic ring is 1. The Hall–Kier alpha value is -3.46. The van der Waals surface area contributed by atoms with Gasteiger partial charge in [0.2, 0.25) is 0 Å². The number of nitrogens with zero attached hydrogens (tertiary/aromatic N) is 5. The SMILES string of the molecule is CCC(Nc1ncnc(N)c1-c1ccon1)c1nc2cccc(Cl)c2c(=O)n1C1CC1. The minimum Gasteiger partial charge on any atom is -0.383 e. The van der Waals surface area contributed by atoms with E-state index in [1.54, 1.807) is 28.8 Å². The molecule has 10 heteroatoms. The van der Waals surface area contributed by atoms with Crippen LogP contribution in [0.5, 0.6) is 0 Å². The minimum absolute atomic E-state index is 0.118. The first-order valence-corrected chi connectivity index (χ1v) is 10.4. The second-order valence-corrected chi connectivity index (χ2v) is 7.89. The van der Waals surface area contributed by atoms with Crippen LogP contribution in [-0.4, -0.2) is 24.7 Å². The number of fused-ring (bicyclic) bond motifs is 1. The average molecular weight is 438 g/mol. The summed E-state index contributed by atoms with van der Waals surface area (Å²) in [4.78, 5) is 26.7. The summed E-state index contributed by atoms with van der Waals surface area (Å²) in [6.45, 7) is 2.02. The molecule has 1 fully saturated rings. The molecule has 0 bridgehead atoms. The number of hydrogen-bond donors (Lipinski definition) is 2. The topological polar surface area (TPSA) is 125 Å². The Morgan fingerprint density at radius 1 is 1.32 bits per heavy atom. The maximum atomic E-state index is 13.4. The number of rotatable bonds is 6. The molecule has 1 aliphatic carbocycles. The van der Waals surface area contributed by atoms with Crippen molar-refractivity contribution in [3.63, 3.8) is 0 Å². The molecule has 0 saturated heterocycles. The summed E-state index contributed by atoms with van der Waals surface area (Å²) in [5, 5.41) is 8.24. The van der Waals surface area contributed by atoms with Crippen molar-refractivity contribution >= 4 is 34.1 Å². The van der Waals surface area contributed by atoms with E-state index < -0.39 is 0 Å². The highest BCUT2D eigenvalue weighted by molar-refractivity contribution is 6.35. The number of anilines is 2. The lowest BCUT2D eigenvalue weighted by molar-refractivity contribution is 0.422. The Kier molecular flexibility index (Phi) is 4.82. The van der Waals surface area contributed by atoms with E-state index >= 15 is 0 Å². The van der Waals surface area contributed by atoms with Gasteiger partial charge in [-0.3, -0.25) is 9.36 Å². The van der Waals surface area contributed by atoms with Crippen LogP contribution in [0.4, 0.5) is 11.6 Å². The van der Waals surface area contributed by atoms with Gasteiger partial charge in [-0.2, -0.15) is 0 Å². The van der Waals surface area contributed by atoms with E-state index in [9.17, 15) is 4.79 Å². The van der Waals surface area contributed by atoms with Gasteiger partial charge in [0, 0.05) is 12.1 Å². The van der Waals surface area contributed by atoms with Gasteiger partial charge in [-0.05, 0) is 31.4 Å². The standard InChI is InChI=1S/C21H20ClN7O2/c1-2-13(26-19-17(15-8-9-31-28-15)18(23)24-10-25-19)20-27-14-5-3-4-12(22)16(14)21(30)29(20)11-6-7-11/h3-5,8-11,13H,2,6-7H2,1H3,(H3,23,24,25,26). The summed E-state index contributed by atoms with van der Waals surface area (Å²) in [6.07, 6.45) is 5.38. The predicted octanol–water partition coefficient (Wildman–Crippen LogP) is 3.98. The second-order valence-electron chi connectivity index (χ2n) is 7.48. The summed E-state index contributed by atoms with van der Waals surface area (Å²) in [7, 11) is 0. The van der Waals surface area contributed by atoms with Crippen LogP contribution < -0.4 is 16.6 Å². The third kappa shape index (κ3) is 3.40. The molecule has 0 amide bonds. The molecule has 0 spiro atoms. The number of benzene rings is 1. The summed E-state index contributed by atoms with van der Waals surface area (Å²) >= 11 is 6.33. The normalized spacial score (nSPS) is 14.6. The molecule has 1 unspecified atom stereocenters. The Morgan fingerprint density at radius 2 is 2.16 bits per heavy atom. The zero-order chi connectivity index (χ0) is 21.5. The van der Waals surface area contributed by atoms with Gasteiger partial charge in [-0.1, -0.05) is 29.7 Å². The molecule has 0 aliphatic heterocycles. The molecular formula is C21H20ClN7O2. The van der Waals surface area contributed by atoms with Crippen molar-refractivity contribution < 1.29 is 4.52 Å². The Bertz CT molecular complexity index is 1320. The van der Waals surface area contributed by atoms with Gasteiger partial charge in [-0.25, -0.2) is 15.0 Å². The van der Waals surface area contributed by atoms with Gasteiger partial charge in [0.05, 0.1) is 27.5 Å². The second kappa shape index (κ2) is 7.66. The molecule has 3 heterocycles. The highest BCUT2D eigenvalue weighted by Gasteiger charge is 2.31. The lowest BCUT2D eigenvalue weighted by atomic mass is 10.1. The van der Waals surface area contributed by atoms with E-state index in [0.29, 0.717) is 45.2 Å². The quantitative estimate of drug-likeness (QED) is 0.464. The molecule has 3 aromatic heterocycles. The molecule has 1 aromatic carbocycles. The van der Waals surface area contributed by atoms with Crippen molar-refractivity contribution in [1.29, 1.82) is 0 Å². The summed E-state index contributed by atoms with van der Waals surface area (Å²) < 4.78 is 6.74. The molecule has 158 valence electrons. The predicted molar refractivity (Wildman–Crippen MR) is 118 cm³/mol. The fourth-order valence-corrected chi connectivity index (χ4v) is 4.02. The van der Waals surface area contributed by atoms with Crippen LogP contribution in [0, 0.1) is 0 Å². The van der Waals surface area contributed by atoms with Crippen molar-refractivity contribution in [3.05, 3.63) is 58.1 Å². The molecule has 1 aliphatic rings. The summed E-state index contributed by atoms with van der Waals surface area (Å²) in [6, 6.07) is 6.84. The Morgan fingerprint density at radius 3 is 2.87 bits per heavy atom. The van der Waals surface area contributed by atoms with E-state index in [0.717, 1.165) is 12.8 Å². The van der Waals surface area contributed by atoms with Gasteiger partial charge in [-0.15, -0.1) is 0 Å². The maximum Gasteiger partial charge on any atom is 0.263 e. The molecule has 1 saturated carbocycles. The van der Waals surface area contributed by atoms with Crippen molar-refractivity contribution in [2.75, 3.05) is 11.1 Å². The average Bonchev–Trinajstić information content (AvgIpc) is 3.45. The largest absolute Gasteiger partial charge is 0.383 e. The highest BCUT2D eigenvalue weighted by atomic mass is 35.5. The van der Waals surface area contributed by atoms with Crippen LogP contribution in [0.15, 0.2) is 46.2 Å². The van der Waals surface area contributed by atoms with E-state index in [4.69, 9.17) is 26.8 Å². The smallest absolute Gasteiger partial charge is 0.263 e. The van der Waals surface area contributed by atoms with Gasteiger partial charge in [0.25, 0.3) is 5.56 Å². The number of halogens is 1. The van der Waals surface area contributed by atoms with Crippen LogP contribution in [0.3, 0.4) is 0 Å². The van der Waals surface area contributed by atoms with E-state index in [1.165, 1.54) is 12.6 Å². The first kappa shape index (κ1) is 19.5. The van der Waals surface area contributed by atoms with Gasteiger partial charge >= 0.3 is 0 Å². The molecular weight excluding hydrogens is 418 g/mol. The number of hydrogen-bond acceptors (Lipinski definition) is 8. The van der Waals surface area contributed by atoms with E-state index in [1.807, 2.05) is 6.92 Å². The van der Waals surface area contributed by atoms with Crippen LogP contribution in [-0.2, 0) is 0 Å². The van der Waals surface area contributed by atoms with E-state index in [-0.39, 0.29) is 23.5 Å². The van der Waals surface area contributed by atoms with Crippen LogP contribution in [0.25, 0.3) is 22.2 Å². The van der Waals surface area contributed by atoms with Crippen molar-refractivity contribution in [2.24, 2.45) is 0 Å². The summed E-state index contributed by atoms with van der Waals surface area (Å²) in [5.74, 6) is 1.42. The fourth-order valence-electron chi connectivity index (χ4n) is 3.77. The molecule has 5 rings (SSSR count). The minimum atomic E-state index is -0.295. The molecule has 3 N–H and O–H groups in total. The summed E-state index contributed by atoms with van der Waals surface area (Å²) in [5.41, 5.74) is 7.63. The molecule has 0 radical (unpaired) electrons. The van der Waals surface area contributed by atoms with Crippen LogP contribution in [0.1, 0.15) is 44.1 Å². The van der Waals surface area contributed by atoms with Crippen LogP contribution in [0.2, 0.25) is 5.02 Å². The number of aromatic nitrogens is 5. The fraction of sp³-hybridized carbons (Fsp3) is 0.286. The van der Waals surface area contributed by atoms with Crippen molar-refractivity contribution in [2.45, 2.75) is 38.3 Å². The Balaban J connectivity index is 1.65. The lowest BCUT2D eigenvalue weighted by Crippen LogP contribution is -2.29. The number of nitrogens with two attached hydrogens (primary N) is 1. The van der Waals surface area contributed by atoms with Gasteiger partial charge < -0.3 is 15.6 Å². The molecule has 4 aromatic rings. The van der Waals surface area contributed by atoms with Gasteiger partial charge in [0.15, 0.2) is 0 Å². The monoisotopic (exact) mass is 437 g/mol. The highest BCUT2D eigenvalue weighted by Crippen LogP contribution is 2.38. The lowest BCUT2D eigenvalue weighted by Gasteiger charge is -2.23. The maximum absolute atomic E-state index is 13.4. The van der Waals surface area contributed by atoms with Gasteiger partial charge in [0.1, 0.15) is 35.7 Å². The third-order valence-electron chi connectivity index (χ3n) is 5.42. The van der Waals surface area contributed by atoms with Crippen molar-refractivity contribution in [3.8, 4) is 11.3 Å². The first-order chi connectivity index (χ1) is 15.1. The zero-order valence-electron chi connectivity index (χ0n) is 16.7. The van der Waals surface area contributed by atoms with Crippen molar-refractivity contribution in [1.82, 2.24) is 24.7 Å². The third-order valence-corrected chi connectivity index (χ3v) is 5.73. The number of nitrogens with one attached hydrogen (secondary N) is 1. The Labute approximate surface area is 182 Å². The zero-order valence-corrected chi connectivity index (χ0v) is 17.5. The molecule has 1 atom stereocenters. The first-order valence-electron chi connectivity index (χ1n) is 10.1. The molecule has 31 heavy (non-hydrogen) atoms.